The molecular weight excluding hydrogens is 131 g/mol. The molecule has 8 heavy (non-hydrogen) atoms. The Kier molecular flexibility index (Phi) is 3.80. The van der Waals surface area contributed by atoms with Crippen LogP contribution in [0.5, 0.6) is 0 Å². The molecule has 3 N–H and O–H groups in total. The monoisotopic (exact) mass is 143 g/mol. The van der Waals surface area contributed by atoms with Gasteiger partial charge in [-0.1, -0.05) is 0 Å². The summed E-state index contributed by atoms with van der Waals surface area (Å²) < 4.78 is 23.6. The maximum atomic E-state index is 10.2. The molecule has 0 atom stereocenters. The first-order chi connectivity index (χ1) is 4.45. The number of nitrogens with two attached hydrogens (primary N) is 1. The van der Waals surface area contributed by atoms with Crippen molar-refractivity contribution in [1.82, 2.24) is 5.43 Å². The van der Waals surface area contributed by atoms with E-state index < -0.39 is 19.6 Å². The highest BCUT2D eigenvalue weighted by Gasteiger charge is 1.90. The van der Waals surface area contributed by atoms with Gasteiger partial charge in [-0.2, -0.15) is 0 Å². The van der Waals surface area contributed by atoms with Crippen molar-refractivity contribution in [2.45, 2.75) is 0 Å². The van der Waals surface area contributed by atoms with E-state index in [1.165, 1.54) is 0 Å². The molecule has 0 spiro atoms. The van der Waals surface area contributed by atoms with Gasteiger partial charge in [-0.05, 0) is 0 Å². The molecule has 0 aliphatic rings. The molecule has 0 fully saturated rings. The van der Waals surface area contributed by atoms with Gasteiger partial charge in [-0.25, -0.2) is 5.84 Å². The predicted molar refractivity (Wildman–Crippen MR) is 31.5 cm³/mol. The number of carbonyl (C=O) groups excluding carboxylic acids is 1. The van der Waals surface area contributed by atoms with E-state index in [9.17, 15) is 4.79 Å². The number of hydrogen-bond acceptors (Lipinski definition) is 3. The minimum absolute atomic E-state index is 0. The lowest BCUT2D eigenvalue weighted by Crippen LogP contribution is -2.32. The minimum atomic E-state index is -2.54. The van der Waals surface area contributed by atoms with Gasteiger partial charge in [-0.15, -0.1) is 12.4 Å². The number of nitrogens with one attached hydrogen (secondary N) is 1. The summed E-state index contributed by atoms with van der Waals surface area (Å²) in [7, 11) is -2.54. The van der Waals surface area contributed by atoms with Crippen LogP contribution in [-0.2, 0) is 9.53 Å². The molecule has 4 nitrogen and oxygen atoms in total. The first kappa shape index (κ1) is 4.55. The van der Waals surface area contributed by atoms with Crippen molar-refractivity contribution in [1.29, 1.82) is 0 Å². The SMILES string of the molecule is Cl.[2H]C([2H])([2H])OCC(=O)NN. The summed E-state index contributed by atoms with van der Waals surface area (Å²) in [6.45, 7) is -0.549. The second-order valence-electron chi connectivity index (χ2n) is 0.856. The summed E-state index contributed by atoms with van der Waals surface area (Å²) in [5, 5.41) is 0. The van der Waals surface area contributed by atoms with E-state index in [-0.39, 0.29) is 12.4 Å². The number of rotatable bonds is 2. The van der Waals surface area contributed by atoms with Crippen molar-refractivity contribution in [2.75, 3.05) is 13.6 Å². The number of hydrogen-bond donors (Lipinski definition) is 2. The van der Waals surface area contributed by atoms with Crippen LogP contribution in [0.3, 0.4) is 0 Å². The Hall–Kier alpha value is -0.320. The van der Waals surface area contributed by atoms with Crippen LogP contribution < -0.4 is 11.3 Å². The Morgan fingerprint density at radius 3 is 3.12 bits per heavy atom. The third-order valence-corrected chi connectivity index (χ3v) is 0.364. The van der Waals surface area contributed by atoms with Crippen molar-refractivity contribution in [3.05, 3.63) is 0 Å². The lowest BCUT2D eigenvalue weighted by atomic mass is 10.7. The summed E-state index contributed by atoms with van der Waals surface area (Å²) in [4.78, 5) is 10.2. The molecule has 0 saturated heterocycles. The molecule has 0 saturated carbocycles. The molecule has 0 aromatic heterocycles. The fourth-order valence-corrected chi connectivity index (χ4v) is 0.107. The average molecular weight is 144 g/mol. The van der Waals surface area contributed by atoms with Crippen LogP contribution in [0, 0.1) is 0 Å². The van der Waals surface area contributed by atoms with E-state index in [2.05, 4.69) is 10.6 Å². The Labute approximate surface area is 58.0 Å². The van der Waals surface area contributed by atoms with Crippen molar-refractivity contribution in [2.24, 2.45) is 5.84 Å². The van der Waals surface area contributed by atoms with Gasteiger partial charge in [-0.3, -0.25) is 10.2 Å². The van der Waals surface area contributed by atoms with Crippen LogP contribution in [0.2, 0.25) is 0 Å². The second-order valence-corrected chi connectivity index (χ2v) is 0.856. The highest BCUT2D eigenvalue weighted by atomic mass is 35.5. The summed E-state index contributed by atoms with van der Waals surface area (Å²) in [6.07, 6.45) is 0. The molecule has 5 heteroatoms. The topological polar surface area (TPSA) is 64.3 Å². The second kappa shape index (κ2) is 6.68. The number of carbonyl (C=O) groups is 1. The molecule has 0 aromatic carbocycles. The Morgan fingerprint density at radius 1 is 2.12 bits per heavy atom. The summed E-state index contributed by atoms with van der Waals surface area (Å²) in [5.74, 6) is 3.97. The van der Waals surface area contributed by atoms with E-state index in [1.54, 1.807) is 5.43 Å². The van der Waals surface area contributed by atoms with E-state index in [4.69, 9.17) is 4.11 Å². The molecule has 0 aliphatic heterocycles. The smallest absolute Gasteiger partial charge is 0.259 e. The maximum absolute atomic E-state index is 10.2. The molecule has 0 aliphatic carbocycles. The molecular formula is C3H9ClN2O2. The highest BCUT2D eigenvalue weighted by molar-refractivity contribution is 5.85. The van der Waals surface area contributed by atoms with Gasteiger partial charge in [0.2, 0.25) is 0 Å². The zero-order valence-electron chi connectivity index (χ0n) is 7.01. The number of hydrazine groups is 1. The molecule has 0 bridgehead atoms. The van der Waals surface area contributed by atoms with Crippen LogP contribution in [0.4, 0.5) is 0 Å². The third-order valence-electron chi connectivity index (χ3n) is 0.364. The fraction of sp³-hybridized carbons (Fsp3) is 0.667. The molecule has 0 heterocycles. The third kappa shape index (κ3) is 5.68. The van der Waals surface area contributed by atoms with Crippen molar-refractivity contribution in [3.8, 4) is 0 Å². The molecule has 0 unspecified atom stereocenters. The first-order valence-corrected chi connectivity index (χ1v) is 1.59. The number of amides is 1. The summed E-state index contributed by atoms with van der Waals surface area (Å²) in [6, 6.07) is 0. The van der Waals surface area contributed by atoms with Gasteiger partial charge >= 0.3 is 0 Å². The minimum Gasteiger partial charge on any atom is -0.375 e. The van der Waals surface area contributed by atoms with Gasteiger partial charge in [0, 0.05) is 7.04 Å². The van der Waals surface area contributed by atoms with E-state index in [0.717, 1.165) is 0 Å². The number of methoxy groups -OCH3 is 1. The predicted octanol–water partition coefficient (Wildman–Crippen LogP) is -0.956. The lowest BCUT2D eigenvalue weighted by Gasteiger charge is -1.92. The van der Waals surface area contributed by atoms with Gasteiger partial charge in [0.15, 0.2) is 0 Å². The Morgan fingerprint density at radius 2 is 2.75 bits per heavy atom. The summed E-state index contributed by atoms with van der Waals surface area (Å²) >= 11 is 0. The standard InChI is InChI=1S/C3H8N2O2.ClH/c1-7-2-3(6)5-4;/h2,4H2,1H3,(H,5,6);1H/i1D3;. The largest absolute Gasteiger partial charge is 0.375 e. The molecule has 50 valence electrons. The molecule has 0 aromatic rings. The van der Waals surface area contributed by atoms with E-state index in [0.29, 0.717) is 0 Å². The molecule has 0 rings (SSSR count). The first-order valence-electron chi connectivity index (χ1n) is 3.09. The zero-order chi connectivity index (χ0) is 8.20. The van der Waals surface area contributed by atoms with Crippen molar-refractivity contribution < 1.29 is 13.6 Å². The van der Waals surface area contributed by atoms with Crippen LogP contribution in [-0.4, -0.2) is 19.6 Å². The fourth-order valence-electron chi connectivity index (χ4n) is 0.107. The van der Waals surface area contributed by atoms with Gasteiger partial charge < -0.3 is 4.74 Å². The van der Waals surface area contributed by atoms with Crippen LogP contribution >= 0.6 is 12.4 Å². The average Bonchev–Trinajstić information content (AvgIpc) is 1.81. The Balaban J connectivity index is 0. The highest BCUT2D eigenvalue weighted by Crippen LogP contribution is 1.61. The van der Waals surface area contributed by atoms with Gasteiger partial charge in [0.1, 0.15) is 6.61 Å². The lowest BCUT2D eigenvalue weighted by molar-refractivity contribution is -0.124. The van der Waals surface area contributed by atoms with E-state index >= 15 is 0 Å². The van der Waals surface area contributed by atoms with Crippen LogP contribution in [0.1, 0.15) is 4.11 Å². The van der Waals surface area contributed by atoms with Crippen molar-refractivity contribution in [3.63, 3.8) is 0 Å². The van der Waals surface area contributed by atoms with Crippen LogP contribution in [0.15, 0.2) is 0 Å². The zero-order valence-corrected chi connectivity index (χ0v) is 4.83. The number of ether oxygens (including phenoxy) is 1. The van der Waals surface area contributed by atoms with Gasteiger partial charge in [0.05, 0.1) is 4.11 Å². The Bertz CT molecular complexity index is 128. The van der Waals surface area contributed by atoms with Crippen LogP contribution in [0.25, 0.3) is 0 Å². The van der Waals surface area contributed by atoms with Gasteiger partial charge in [0.25, 0.3) is 5.91 Å². The van der Waals surface area contributed by atoms with Crippen molar-refractivity contribution >= 4 is 18.3 Å². The maximum Gasteiger partial charge on any atom is 0.259 e. The normalized spacial score (nSPS) is 14.4. The molecule has 1 amide bonds. The molecule has 0 radical (unpaired) electrons. The van der Waals surface area contributed by atoms with E-state index in [1.807, 2.05) is 0 Å². The quantitative estimate of drug-likeness (QED) is 0.298. The number of halogens is 1. The summed E-state index contributed by atoms with van der Waals surface area (Å²) in [5.41, 5.74) is 1.72.